The molecule has 1 fully saturated rings. The van der Waals surface area contributed by atoms with Crippen molar-refractivity contribution in [3.05, 3.63) is 53.9 Å². The molecule has 0 radical (unpaired) electrons. The van der Waals surface area contributed by atoms with Gasteiger partial charge in [-0.1, -0.05) is 30.3 Å². The van der Waals surface area contributed by atoms with Crippen LogP contribution in [0, 0.1) is 0 Å². The number of hydrogen-bond acceptors (Lipinski definition) is 3. The van der Waals surface area contributed by atoms with Gasteiger partial charge in [0.2, 0.25) is 0 Å². The normalized spacial score (nSPS) is 23.3. The molecule has 2 atom stereocenters. The first-order chi connectivity index (χ1) is 10.3. The first kappa shape index (κ1) is 14.3. The highest BCUT2D eigenvalue weighted by Gasteiger charge is 2.24. The van der Waals surface area contributed by atoms with Crippen LogP contribution in [-0.4, -0.2) is 33.7 Å². The van der Waals surface area contributed by atoms with E-state index in [0.29, 0.717) is 12.1 Å². The zero-order valence-corrected chi connectivity index (χ0v) is 12.6. The summed E-state index contributed by atoms with van der Waals surface area (Å²) >= 11 is 0. The van der Waals surface area contributed by atoms with Crippen molar-refractivity contribution in [3.8, 4) is 0 Å². The standard InChI is InChI=1S/C17H24N4/c1-14-11-16(18-12-17-7-9-19-20-17)8-10-21(14)13-15-5-3-2-4-6-15/h2-7,9,14,16,18H,8,10-13H2,1H3,(H,19,20)/t14-,16-/m0/s1. The third-order valence-corrected chi connectivity index (χ3v) is 4.38. The lowest BCUT2D eigenvalue weighted by molar-refractivity contribution is 0.128. The Bertz CT molecular complexity index is 523. The summed E-state index contributed by atoms with van der Waals surface area (Å²) < 4.78 is 0. The third kappa shape index (κ3) is 3.93. The molecule has 4 nitrogen and oxygen atoms in total. The summed E-state index contributed by atoms with van der Waals surface area (Å²) in [5, 5.41) is 10.6. The lowest BCUT2D eigenvalue weighted by Gasteiger charge is -2.38. The minimum atomic E-state index is 0.607. The maximum atomic E-state index is 3.99. The Morgan fingerprint density at radius 2 is 2.14 bits per heavy atom. The van der Waals surface area contributed by atoms with Crippen LogP contribution in [0.25, 0.3) is 0 Å². The topological polar surface area (TPSA) is 44.0 Å². The van der Waals surface area contributed by atoms with E-state index in [9.17, 15) is 0 Å². The van der Waals surface area contributed by atoms with Gasteiger partial charge in [-0.05, 0) is 31.4 Å². The van der Waals surface area contributed by atoms with Crippen LogP contribution < -0.4 is 5.32 Å². The number of rotatable bonds is 5. The molecule has 4 heteroatoms. The lowest BCUT2D eigenvalue weighted by atomic mass is 9.97. The van der Waals surface area contributed by atoms with Gasteiger partial charge in [0.1, 0.15) is 0 Å². The quantitative estimate of drug-likeness (QED) is 0.887. The Balaban J connectivity index is 1.47. The molecule has 112 valence electrons. The highest BCUT2D eigenvalue weighted by atomic mass is 15.2. The van der Waals surface area contributed by atoms with Crippen molar-refractivity contribution in [2.45, 2.75) is 44.9 Å². The molecule has 3 rings (SSSR count). The Hall–Kier alpha value is -1.65. The van der Waals surface area contributed by atoms with Crippen LogP contribution in [0.4, 0.5) is 0 Å². The minimum absolute atomic E-state index is 0.607. The largest absolute Gasteiger partial charge is 0.308 e. The molecule has 0 bridgehead atoms. The van der Waals surface area contributed by atoms with E-state index >= 15 is 0 Å². The van der Waals surface area contributed by atoms with Crippen LogP contribution >= 0.6 is 0 Å². The smallest absolute Gasteiger partial charge is 0.0490 e. The van der Waals surface area contributed by atoms with Crippen LogP contribution in [0.1, 0.15) is 31.0 Å². The van der Waals surface area contributed by atoms with Gasteiger partial charge in [-0.15, -0.1) is 0 Å². The lowest BCUT2D eigenvalue weighted by Crippen LogP contribution is -2.46. The number of nitrogens with zero attached hydrogens (tertiary/aromatic N) is 2. The fraction of sp³-hybridized carbons (Fsp3) is 0.471. The van der Waals surface area contributed by atoms with Crippen molar-refractivity contribution < 1.29 is 0 Å². The van der Waals surface area contributed by atoms with E-state index in [2.05, 4.69) is 57.7 Å². The molecule has 0 spiro atoms. The van der Waals surface area contributed by atoms with E-state index < -0.39 is 0 Å². The number of aromatic nitrogens is 2. The number of aromatic amines is 1. The van der Waals surface area contributed by atoms with Crippen molar-refractivity contribution in [2.75, 3.05) is 6.54 Å². The second-order valence-corrected chi connectivity index (χ2v) is 5.99. The van der Waals surface area contributed by atoms with E-state index in [1.165, 1.54) is 18.4 Å². The highest BCUT2D eigenvalue weighted by molar-refractivity contribution is 5.14. The highest BCUT2D eigenvalue weighted by Crippen LogP contribution is 2.20. The van der Waals surface area contributed by atoms with Crippen LogP contribution in [-0.2, 0) is 13.1 Å². The number of benzene rings is 1. The fourth-order valence-electron chi connectivity index (χ4n) is 3.10. The molecule has 0 saturated carbocycles. The van der Waals surface area contributed by atoms with Gasteiger partial charge in [0.25, 0.3) is 0 Å². The van der Waals surface area contributed by atoms with Crippen molar-refractivity contribution >= 4 is 0 Å². The van der Waals surface area contributed by atoms with Gasteiger partial charge in [0.05, 0.1) is 0 Å². The SMILES string of the molecule is C[C@H]1C[C@@H](NCc2ccn[nH]2)CCN1Cc1ccccc1. The molecule has 1 saturated heterocycles. The van der Waals surface area contributed by atoms with Crippen LogP contribution in [0.2, 0.25) is 0 Å². The summed E-state index contributed by atoms with van der Waals surface area (Å²) in [5.74, 6) is 0. The molecule has 2 aromatic rings. The number of likely N-dealkylation sites (tertiary alicyclic amines) is 1. The van der Waals surface area contributed by atoms with Crippen molar-refractivity contribution in [2.24, 2.45) is 0 Å². The molecule has 1 aromatic heterocycles. The summed E-state index contributed by atoms with van der Waals surface area (Å²) in [6.45, 7) is 5.45. The summed E-state index contributed by atoms with van der Waals surface area (Å²) in [5.41, 5.74) is 2.57. The van der Waals surface area contributed by atoms with E-state index in [1.807, 2.05) is 12.3 Å². The van der Waals surface area contributed by atoms with Crippen molar-refractivity contribution in [1.29, 1.82) is 0 Å². The average molecular weight is 284 g/mol. The number of H-pyrrole nitrogens is 1. The van der Waals surface area contributed by atoms with Gasteiger partial charge in [0, 0.05) is 43.6 Å². The van der Waals surface area contributed by atoms with Crippen LogP contribution in [0.15, 0.2) is 42.6 Å². The molecular formula is C17H24N4. The van der Waals surface area contributed by atoms with Crippen molar-refractivity contribution in [3.63, 3.8) is 0 Å². The van der Waals surface area contributed by atoms with Crippen LogP contribution in [0.5, 0.6) is 0 Å². The van der Waals surface area contributed by atoms with Gasteiger partial charge in [-0.25, -0.2) is 0 Å². The summed E-state index contributed by atoms with van der Waals surface area (Å²) in [4.78, 5) is 2.59. The van der Waals surface area contributed by atoms with E-state index in [1.54, 1.807) is 0 Å². The first-order valence-corrected chi connectivity index (χ1v) is 7.81. The fourth-order valence-corrected chi connectivity index (χ4v) is 3.10. The average Bonchev–Trinajstić information content (AvgIpc) is 3.02. The zero-order valence-electron chi connectivity index (χ0n) is 12.6. The second-order valence-electron chi connectivity index (χ2n) is 5.99. The summed E-state index contributed by atoms with van der Waals surface area (Å²) in [6, 6.07) is 14.0. The molecule has 1 aromatic carbocycles. The predicted molar refractivity (Wildman–Crippen MR) is 84.8 cm³/mol. The molecule has 2 N–H and O–H groups in total. The minimum Gasteiger partial charge on any atom is -0.308 e. The summed E-state index contributed by atoms with van der Waals surface area (Å²) in [6.07, 6.45) is 4.23. The van der Waals surface area contributed by atoms with Gasteiger partial charge < -0.3 is 5.32 Å². The molecular weight excluding hydrogens is 260 g/mol. The monoisotopic (exact) mass is 284 g/mol. The Morgan fingerprint density at radius 3 is 2.86 bits per heavy atom. The van der Waals surface area contributed by atoms with Gasteiger partial charge in [-0.3, -0.25) is 10.00 Å². The second kappa shape index (κ2) is 6.87. The van der Waals surface area contributed by atoms with E-state index in [4.69, 9.17) is 0 Å². The molecule has 0 amide bonds. The predicted octanol–water partition coefficient (Wildman–Crippen LogP) is 2.55. The van der Waals surface area contributed by atoms with E-state index in [-0.39, 0.29) is 0 Å². The first-order valence-electron chi connectivity index (χ1n) is 7.81. The third-order valence-electron chi connectivity index (χ3n) is 4.38. The Labute approximate surface area is 126 Å². The number of nitrogens with one attached hydrogen (secondary N) is 2. The van der Waals surface area contributed by atoms with Gasteiger partial charge in [0.15, 0.2) is 0 Å². The molecule has 2 heterocycles. The number of hydrogen-bond donors (Lipinski definition) is 2. The van der Waals surface area contributed by atoms with Gasteiger partial charge in [-0.2, -0.15) is 5.10 Å². The Morgan fingerprint density at radius 1 is 1.29 bits per heavy atom. The molecule has 1 aliphatic heterocycles. The Kier molecular flexibility index (Phi) is 4.68. The number of piperidine rings is 1. The maximum absolute atomic E-state index is 3.99. The molecule has 0 unspecified atom stereocenters. The van der Waals surface area contributed by atoms with Crippen molar-refractivity contribution in [1.82, 2.24) is 20.4 Å². The molecule has 1 aliphatic rings. The summed E-state index contributed by atoms with van der Waals surface area (Å²) in [7, 11) is 0. The van der Waals surface area contributed by atoms with Crippen LogP contribution in [0.3, 0.4) is 0 Å². The maximum Gasteiger partial charge on any atom is 0.0490 e. The zero-order chi connectivity index (χ0) is 14.5. The van der Waals surface area contributed by atoms with E-state index in [0.717, 1.165) is 25.3 Å². The molecule has 0 aliphatic carbocycles. The molecule has 21 heavy (non-hydrogen) atoms. The van der Waals surface area contributed by atoms with Gasteiger partial charge >= 0.3 is 0 Å².